The van der Waals surface area contributed by atoms with Crippen molar-refractivity contribution in [1.82, 2.24) is 4.90 Å². The number of nitrogens with two attached hydrogens (primary N) is 1. The predicted molar refractivity (Wildman–Crippen MR) is 71.9 cm³/mol. The molecule has 1 fully saturated rings. The molecule has 0 aromatic carbocycles. The van der Waals surface area contributed by atoms with Crippen molar-refractivity contribution < 1.29 is 18.3 Å². The van der Waals surface area contributed by atoms with E-state index in [0.717, 1.165) is 32.1 Å². The van der Waals surface area contributed by atoms with Gasteiger partial charge in [0, 0.05) is 19.1 Å². The number of thiocarbonyl (C=S) groups is 1. The predicted octanol–water partition coefficient (Wildman–Crippen LogP) is 2.08. The van der Waals surface area contributed by atoms with Gasteiger partial charge in [-0.3, -0.25) is 4.90 Å². The molecule has 3 nitrogen and oxygen atoms in total. The van der Waals surface area contributed by atoms with E-state index in [4.69, 9.17) is 10.8 Å². The standard InChI is InChI=1S/C12H21F3N2OS/c13-12(14,15)10(11(16)19)8-17(6-7-18)9-4-2-1-3-5-9/h9-10,18H,1-8H2,(H2,16,19). The molecule has 0 saturated heterocycles. The molecule has 0 aliphatic heterocycles. The van der Waals surface area contributed by atoms with Crippen LogP contribution in [0.5, 0.6) is 0 Å². The fourth-order valence-corrected chi connectivity index (χ4v) is 2.80. The van der Waals surface area contributed by atoms with E-state index < -0.39 is 17.1 Å². The molecule has 0 heterocycles. The number of alkyl halides is 3. The van der Waals surface area contributed by atoms with Gasteiger partial charge in [0.15, 0.2) is 0 Å². The third-order valence-electron chi connectivity index (χ3n) is 3.63. The SMILES string of the molecule is NC(=S)C(CN(CCO)C1CCCCC1)C(F)(F)F. The molecule has 7 heteroatoms. The Morgan fingerprint density at radius 1 is 1.32 bits per heavy atom. The maximum atomic E-state index is 12.9. The van der Waals surface area contributed by atoms with E-state index in [0.29, 0.717) is 0 Å². The Bertz CT molecular complexity index is 293. The van der Waals surface area contributed by atoms with Crippen molar-refractivity contribution in [3.63, 3.8) is 0 Å². The third-order valence-corrected chi connectivity index (χ3v) is 3.92. The van der Waals surface area contributed by atoms with Gasteiger partial charge in [0.25, 0.3) is 0 Å². The first-order chi connectivity index (χ1) is 8.86. The van der Waals surface area contributed by atoms with Gasteiger partial charge in [-0.05, 0) is 12.8 Å². The van der Waals surface area contributed by atoms with Crippen LogP contribution in [0.15, 0.2) is 0 Å². The zero-order valence-electron chi connectivity index (χ0n) is 10.8. The maximum Gasteiger partial charge on any atom is 0.399 e. The molecule has 0 spiro atoms. The molecule has 1 rings (SSSR count). The summed E-state index contributed by atoms with van der Waals surface area (Å²) in [6.45, 7) is -0.164. The first kappa shape index (κ1) is 16.7. The molecule has 1 atom stereocenters. The van der Waals surface area contributed by atoms with Crippen molar-refractivity contribution in [2.24, 2.45) is 11.7 Å². The highest BCUT2D eigenvalue weighted by atomic mass is 32.1. The highest BCUT2D eigenvalue weighted by Gasteiger charge is 2.43. The second-order valence-corrected chi connectivity index (χ2v) is 5.48. The largest absolute Gasteiger partial charge is 0.399 e. The van der Waals surface area contributed by atoms with Crippen LogP contribution in [-0.2, 0) is 0 Å². The fourth-order valence-electron chi connectivity index (χ4n) is 2.59. The van der Waals surface area contributed by atoms with Crippen LogP contribution in [-0.4, -0.2) is 46.9 Å². The van der Waals surface area contributed by atoms with Crippen LogP contribution < -0.4 is 5.73 Å². The van der Waals surface area contributed by atoms with Crippen LogP contribution in [0.25, 0.3) is 0 Å². The van der Waals surface area contributed by atoms with E-state index in [1.807, 2.05) is 0 Å². The zero-order valence-corrected chi connectivity index (χ0v) is 11.6. The number of nitrogens with zero attached hydrogens (tertiary/aromatic N) is 1. The number of hydrogen-bond acceptors (Lipinski definition) is 3. The molecule has 1 unspecified atom stereocenters. The molecule has 0 aromatic rings. The van der Waals surface area contributed by atoms with Gasteiger partial charge in [0.1, 0.15) is 5.92 Å². The van der Waals surface area contributed by atoms with Crippen molar-refractivity contribution in [2.45, 2.75) is 44.3 Å². The maximum absolute atomic E-state index is 12.9. The molecular weight excluding hydrogens is 277 g/mol. The van der Waals surface area contributed by atoms with Crippen molar-refractivity contribution in [3.05, 3.63) is 0 Å². The minimum absolute atomic E-state index is 0.0973. The number of hydrogen-bond donors (Lipinski definition) is 2. The van der Waals surface area contributed by atoms with Gasteiger partial charge in [-0.1, -0.05) is 31.5 Å². The molecule has 1 aliphatic carbocycles. The Morgan fingerprint density at radius 2 is 1.89 bits per heavy atom. The molecule has 1 aliphatic rings. The summed E-state index contributed by atoms with van der Waals surface area (Å²) in [6, 6.07) is 0.0973. The van der Waals surface area contributed by atoms with Crippen LogP contribution in [0.3, 0.4) is 0 Å². The van der Waals surface area contributed by atoms with E-state index in [1.54, 1.807) is 4.90 Å². The van der Waals surface area contributed by atoms with E-state index in [9.17, 15) is 13.2 Å². The van der Waals surface area contributed by atoms with Gasteiger partial charge >= 0.3 is 6.18 Å². The minimum atomic E-state index is -4.42. The molecule has 0 amide bonds. The van der Waals surface area contributed by atoms with E-state index in [-0.39, 0.29) is 25.7 Å². The van der Waals surface area contributed by atoms with Gasteiger partial charge in [0.2, 0.25) is 0 Å². The number of halogens is 3. The first-order valence-electron chi connectivity index (χ1n) is 6.57. The van der Waals surface area contributed by atoms with Crippen molar-refractivity contribution in [1.29, 1.82) is 0 Å². The third kappa shape index (κ3) is 5.24. The lowest BCUT2D eigenvalue weighted by Crippen LogP contribution is -2.48. The summed E-state index contributed by atoms with van der Waals surface area (Å²) < 4.78 is 38.6. The second-order valence-electron chi connectivity index (χ2n) is 5.01. The molecule has 3 N–H and O–H groups in total. The number of aliphatic hydroxyl groups is 1. The lowest BCUT2D eigenvalue weighted by molar-refractivity contribution is -0.161. The zero-order chi connectivity index (χ0) is 14.5. The Morgan fingerprint density at radius 3 is 2.32 bits per heavy atom. The van der Waals surface area contributed by atoms with E-state index >= 15 is 0 Å². The van der Waals surface area contributed by atoms with Crippen LogP contribution in [0.4, 0.5) is 13.2 Å². The van der Waals surface area contributed by atoms with Crippen LogP contribution in [0.2, 0.25) is 0 Å². The summed E-state index contributed by atoms with van der Waals surface area (Å²) in [7, 11) is 0. The molecule has 112 valence electrons. The lowest BCUT2D eigenvalue weighted by atomic mass is 9.93. The fraction of sp³-hybridized carbons (Fsp3) is 0.917. The monoisotopic (exact) mass is 298 g/mol. The molecular formula is C12H21F3N2OS. The normalized spacial score (nSPS) is 19.6. The molecule has 1 saturated carbocycles. The topological polar surface area (TPSA) is 49.5 Å². The van der Waals surface area contributed by atoms with E-state index in [2.05, 4.69) is 12.2 Å². The number of rotatable bonds is 6. The summed E-state index contributed by atoms with van der Waals surface area (Å²) >= 11 is 4.54. The Hall–Kier alpha value is -0.400. The summed E-state index contributed by atoms with van der Waals surface area (Å²) in [4.78, 5) is 1.17. The molecule has 19 heavy (non-hydrogen) atoms. The Kier molecular flexibility index (Phi) is 6.49. The average molecular weight is 298 g/mol. The quantitative estimate of drug-likeness (QED) is 0.737. The van der Waals surface area contributed by atoms with Gasteiger partial charge < -0.3 is 10.8 Å². The van der Waals surface area contributed by atoms with Gasteiger partial charge in [-0.15, -0.1) is 0 Å². The second kappa shape index (κ2) is 7.40. The highest BCUT2D eigenvalue weighted by molar-refractivity contribution is 7.80. The summed E-state index contributed by atoms with van der Waals surface area (Å²) in [5.74, 6) is -1.80. The average Bonchev–Trinajstić information content (AvgIpc) is 2.33. The molecule has 0 bridgehead atoms. The molecule has 0 radical (unpaired) electrons. The van der Waals surface area contributed by atoms with Crippen molar-refractivity contribution in [2.75, 3.05) is 19.7 Å². The Labute approximate surface area is 116 Å². The number of aliphatic hydroxyl groups excluding tert-OH is 1. The smallest absolute Gasteiger partial charge is 0.395 e. The highest BCUT2D eigenvalue weighted by Crippen LogP contribution is 2.30. The van der Waals surface area contributed by atoms with Crippen molar-refractivity contribution in [3.8, 4) is 0 Å². The summed E-state index contributed by atoms with van der Waals surface area (Å²) in [5.41, 5.74) is 5.22. The minimum Gasteiger partial charge on any atom is -0.395 e. The van der Waals surface area contributed by atoms with E-state index in [1.165, 1.54) is 0 Å². The van der Waals surface area contributed by atoms with Gasteiger partial charge in [0.05, 0.1) is 11.6 Å². The van der Waals surface area contributed by atoms with Crippen molar-refractivity contribution >= 4 is 17.2 Å². The Balaban J connectivity index is 2.71. The van der Waals surface area contributed by atoms with Crippen LogP contribution >= 0.6 is 12.2 Å². The van der Waals surface area contributed by atoms with Crippen LogP contribution in [0, 0.1) is 5.92 Å². The van der Waals surface area contributed by atoms with Gasteiger partial charge in [-0.25, -0.2) is 0 Å². The molecule has 0 aromatic heterocycles. The summed E-state index contributed by atoms with van der Waals surface area (Å²) in [5, 5.41) is 9.03. The first-order valence-corrected chi connectivity index (χ1v) is 6.98. The summed E-state index contributed by atoms with van der Waals surface area (Å²) in [6.07, 6.45) is 0.506. The van der Waals surface area contributed by atoms with Gasteiger partial charge in [-0.2, -0.15) is 13.2 Å². The van der Waals surface area contributed by atoms with Crippen LogP contribution in [0.1, 0.15) is 32.1 Å². The lowest BCUT2D eigenvalue weighted by Gasteiger charge is -2.36.